The third-order valence-electron chi connectivity index (χ3n) is 3.53. The molecule has 2 aromatic rings. The summed E-state index contributed by atoms with van der Waals surface area (Å²) in [7, 11) is 1.66. The van der Waals surface area contributed by atoms with Crippen molar-refractivity contribution in [3.05, 3.63) is 35.3 Å². The summed E-state index contributed by atoms with van der Waals surface area (Å²) < 4.78 is 5.56. The molecule has 1 N–H and O–H groups in total. The van der Waals surface area contributed by atoms with Gasteiger partial charge in [0.25, 0.3) is 5.91 Å². The quantitative estimate of drug-likeness (QED) is 0.738. The summed E-state index contributed by atoms with van der Waals surface area (Å²) in [5.41, 5.74) is 1.31. The zero-order chi connectivity index (χ0) is 18.2. The van der Waals surface area contributed by atoms with Crippen molar-refractivity contribution in [2.45, 2.75) is 26.2 Å². The van der Waals surface area contributed by atoms with Crippen LogP contribution in [0.3, 0.4) is 0 Å². The van der Waals surface area contributed by atoms with Crippen LogP contribution in [0.2, 0.25) is 0 Å². The second-order valence-electron chi connectivity index (χ2n) is 5.63. The van der Waals surface area contributed by atoms with Gasteiger partial charge < -0.3 is 14.7 Å². The molecule has 6 nitrogen and oxygen atoms in total. The van der Waals surface area contributed by atoms with Gasteiger partial charge in [-0.1, -0.05) is 6.92 Å². The highest BCUT2D eigenvalue weighted by atomic mass is 32.1. The highest BCUT2D eigenvalue weighted by Crippen LogP contribution is 2.26. The fraction of sp³-hybridized carbons (Fsp3) is 0.389. The Morgan fingerprint density at radius 3 is 2.64 bits per heavy atom. The summed E-state index contributed by atoms with van der Waals surface area (Å²) in [4.78, 5) is 28.8. The van der Waals surface area contributed by atoms with Gasteiger partial charge in [-0.2, -0.15) is 0 Å². The van der Waals surface area contributed by atoms with E-state index in [4.69, 9.17) is 9.84 Å². The number of benzene rings is 1. The summed E-state index contributed by atoms with van der Waals surface area (Å²) >= 11 is 1.41. The third kappa shape index (κ3) is 5.56. The smallest absolute Gasteiger partial charge is 0.303 e. The summed E-state index contributed by atoms with van der Waals surface area (Å²) in [6.45, 7) is 3.13. The van der Waals surface area contributed by atoms with Crippen molar-refractivity contribution in [3.63, 3.8) is 0 Å². The molecule has 2 rings (SSSR count). The van der Waals surface area contributed by atoms with Crippen molar-refractivity contribution >= 4 is 23.2 Å². The number of amides is 1. The fourth-order valence-electron chi connectivity index (χ4n) is 2.18. The fourth-order valence-corrected chi connectivity index (χ4v) is 2.98. The van der Waals surface area contributed by atoms with E-state index in [1.165, 1.54) is 16.2 Å². The number of carboxylic acid groups (broad SMARTS) is 1. The van der Waals surface area contributed by atoms with E-state index in [1.807, 2.05) is 24.3 Å². The molecule has 1 amide bonds. The van der Waals surface area contributed by atoms with Gasteiger partial charge in [0.1, 0.15) is 16.5 Å². The van der Waals surface area contributed by atoms with Gasteiger partial charge in [0.05, 0.1) is 6.61 Å². The molecule has 0 bridgehead atoms. The number of aliphatic carboxylic acids is 1. The largest absolute Gasteiger partial charge is 0.494 e. The maximum Gasteiger partial charge on any atom is 0.303 e. The predicted octanol–water partition coefficient (Wildman–Crippen LogP) is 3.54. The molecule has 0 radical (unpaired) electrons. The lowest BCUT2D eigenvalue weighted by Crippen LogP contribution is -2.28. The molecule has 0 aliphatic rings. The van der Waals surface area contributed by atoms with Crippen LogP contribution in [0.1, 0.15) is 36.7 Å². The molecule has 25 heavy (non-hydrogen) atoms. The summed E-state index contributed by atoms with van der Waals surface area (Å²) in [6, 6.07) is 7.64. The SMILES string of the molecule is CCCOc1ccc(-c2nc(C(=O)N(C)CCCC(=O)O)cs2)cc1. The van der Waals surface area contributed by atoms with Crippen LogP contribution in [0, 0.1) is 0 Å². The van der Waals surface area contributed by atoms with E-state index < -0.39 is 5.97 Å². The number of ether oxygens (including phenoxy) is 1. The van der Waals surface area contributed by atoms with E-state index in [1.54, 1.807) is 12.4 Å². The summed E-state index contributed by atoms with van der Waals surface area (Å²) in [5, 5.41) is 11.2. The van der Waals surface area contributed by atoms with Crippen molar-refractivity contribution < 1.29 is 19.4 Å². The molecule has 7 heteroatoms. The molecule has 1 aromatic heterocycles. The average Bonchev–Trinajstić information content (AvgIpc) is 3.09. The number of nitrogens with zero attached hydrogens (tertiary/aromatic N) is 2. The predicted molar refractivity (Wildman–Crippen MR) is 97.2 cm³/mol. The van der Waals surface area contributed by atoms with Gasteiger partial charge in [0.2, 0.25) is 0 Å². The van der Waals surface area contributed by atoms with Gasteiger partial charge in [-0.3, -0.25) is 9.59 Å². The maximum absolute atomic E-state index is 12.3. The van der Waals surface area contributed by atoms with Crippen LogP contribution in [-0.2, 0) is 4.79 Å². The number of aromatic nitrogens is 1. The molecule has 0 aliphatic carbocycles. The van der Waals surface area contributed by atoms with Crippen molar-refractivity contribution in [1.82, 2.24) is 9.88 Å². The van der Waals surface area contributed by atoms with E-state index in [9.17, 15) is 9.59 Å². The molecule has 0 saturated heterocycles. The maximum atomic E-state index is 12.3. The Morgan fingerprint density at radius 1 is 1.28 bits per heavy atom. The van der Waals surface area contributed by atoms with Crippen LogP contribution in [0.5, 0.6) is 5.75 Å². The Kier molecular flexibility index (Phi) is 6.94. The van der Waals surface area contributed by atoms with Crippen molar-refractivity contribution in [2.24, 2.45) is 0 Å². The minimum atomic E-state index is -0.858. The van der Waals surface area contributed by atoms with E-state index in [-0.39, 0.29) is 12.3 Å². The highest BCUT2D eigenvalue weighted by Gasteiger charge is 2.16. The van der Waals surface area contributed by atoms with Gasteiger partial charge in [-0.05, 0) is 37.1 Å². The minimum Gasteiger partial charge on any atom is -0.494 e. The topological polar surface area (TPSA) is 79.7 Å². The summed E-state index contributed by atoms with van der Waals surface area (Å²) in [5.74, 6) is -0.240. The molecule has 0 fully saturated rings. The van der Waals surface area contributed by atoms with Gasteiger partial charge in [-0.15, -0.1) is 11.3 Å². The third-order valence-corrected chi connectivity index (χ3v) is 4.42. The zero-order valence-electron chi connectivity index (χ0n) is 14.4. The van der Waals surface area contributed by atoms with Gasteiger partial charge >= 0.3 is 5.97 Å². The number of hydrogen-bond acceptors (Lipinski definition) is 5. The van der Waals surface area contributed by atoms with Crippen LogP contribution in [0.4, 0.5) is 0 Å². The first-order chi connectivity index (χ1) is 12.0. The van der Waals surface area contributed by atoms with Crippen LogP contribution in [0.15, 0.2) is 29.6 Å². The summed E-state index contributed by atoms with van der Waals surface area (Å²) in [6.07, 6.45) is 1.43. The standard InChI is InChI=1S/C18H22N2O4S/c1-3-11-24-14-8-6-13(7-9-14)17-19-15(12-25-17)18(23)20(2)10-4-5-16(21)22/h6-9,12H,3-5,10-11H2,1-2H3,(H,21,22). The van der Waals surface area contributed by atoms with Gasteiger partial charge in [0.15, 0.2) is 0 Å². The molecule has 1 heterocycles. The van der Waals surface area contributed by atoms with Crippen molar-refractivity contribution in [3.8, 4) is 16.3 Å². The second kappa shape index (κ2) is 9.17. The Balaban J connectivity index is 1.98. The molecule has 0 spiro atoms. The molecule has 0 aliphatic heterocycles. The Hall–Kier alpha value is -2.41. The Bertz CT molecular complexity index is 712. The first kappa shape index (κ1) is 18.9. The zero-order valence-corrected chi connectivity index (χ0v) is 15.2. The van der Waals surface area contributed by atoms with Crippen LogP contribution < -0.4 is 4.74 Å². The van der Waals surface area contributed by atoms with E-state index in [2.05, 4.69) is 11.9 Å². The van der Waals surface area contributed by atoms with E-state index >= 15 is 0 Å². The van der Waals surface area contributed by atoms with Crippen LogP contribution >= 0.6 is 11.3 Å². The number of carboxylic acids is 1. The average molecular weight is 362 g/mol. The monoisotopic (exact) mass is 362 g/mol. The molecular formula is C18H22N2O4S. The first-order valence-corrected chi connectivity index (χ1v) is 9.05. The minimum absolute atomic E-state index is 0.0480. The van der Waals surface area contributed by atoms with Crippen LogP contribution in [-0.4, -0.2) is 47.1 Å². The normalized spacial score (nSPS) is 10.5. The molecule has 134 valence electrons. The molecule has 0 unspecified atom stereocenters. The molecule has 0 atom stereocenters. The lowest BCUT2D eigenvalue weighted by atomic mass is 10.2. The van der Waals surface area contributed by atoms with Crippen molar-refractivity contribution in [1.29, 1.82) is 0 Å². The number of carbonyl (C=O) groups excluding carboxylic acids is 1. The van der Waals surface area contributed by atoms with Gasteiger partial charge in [0, 0.05) is 31.0 Å². The Morgan fingerprint density at radius 2 is 2.00 bits per heavy atom. The van der Waals surface area contributed by atoms with E-state index in [0.717, 1.165) is 22.7 Å². The number of thiazole rings is 1. The lowest BCUT2D eigenvalue weighted by molar-refractivity contribution is -0.137. The lowest BCUT2D eigenvalue weighted by Gasteiger charge is -2.14. The highest BCUT2D eigenvalue weighted by molar-refractivity contribution is 7.13. The van der Waals surface area contributed by atoms with E-state index in [0.29, 0.717) is 25.3 Å². The Labute approximate surface area is 151 Å². The molecular weight excluding hydrogens is 340 g/mol. The molecule has 0 saturated carbocycles. The number of rotatable bonds is 9. The number of carbonyl (C=O) groups is 2. The van der Waals surface area contributed by atoms with Crippen molar-refractivity contribution in [2.75, 3.05) is 20.2 Å². The number of hydrogen-bond donors (Lipinski definition) is 1. The molecule has 1 aromatic carbocycles. The van der Waals surface area contributed by atoms with Crippen LogP contribution in [0.25, 0.3) is 10.6 Å². The van der Waals surface area contributed by atoms with Gasteiger partial charge in [-0.25, -0.2) is 4.98 Å². The second-order valence-corrected chi connectivity index (χ2v) is 6.49. The first-order valence-electron chi connectivity index (χ1n) is 8.17.